The molecule has 0 aromatic carbocycles. The van der Waals surface area contributed by atoms with E-state index in [1.54, 1.807) is 19.9 Å². The normalized spacial score (nSPS) is 31.5. The molecule has 1 spiro atoms. The number of halogens is 3. The lowest BCUT2D eigenvalue weighted by Crippen LogP contribution is -2.71. The van der Waals surface area contributed by atoms with Crippen molar-refractivity contribution < 1.29 is 84.9 Å². The Morgan fingerprint density at radius 2 is 1.31 bits per heavy atom. The van der Waals surface area contributed by atoms with Crippen LogP contribution in [0.2, 0.25) is 0 Å². The van der Waals surface area contributed by atoms with Gasteiger partial charge in [0.05, 0.1) is 44.2 Å². The Bertz CT molecular complexity index is 3190. The number of nitrogens with zero attached hydrogens (tertiary/aromatic N) is 9. The molecule has 3 heterocycles. The molecule has 7 rings (SSSR count). The van der Waals surface area contributed by atoms with Crippen LogP contribution in [0.1, 0.15) is 190 Å². The van der Waals surface area contributed by atoms with Crippen LogP contribution in [0.5, 0.6) is 0 Å². The van der Waals surface area contributed by atoms with Crippen molar-refractivity contribution in [3.05, 3.63) is 12.2 Å². The van der Waals surface area contributed by atoms with Crippen LogP contribution in [0.25, 0.3) is 0 Å². The standard InChI is InChI=1S/C78H127F3N12O15/c1-17-36-107-45-61-67(97)83-66(49(5)18-2)74(104)87(11)44-65(96)88(12)56-26-21-20-22-35-92(73(56)103)60(38-51-29-27-48(4)28-30-51)71(101)86(10)43-63(94)82-55(34-32-52-31-33-54(78(79,80)81)62(39-52)106-16)69(99)93-42-53(108-19-3)40-57(93)68(98)84-77(46-76(6,7)47-77)75(105)91(15)58(37-50-24-23-25-50)72(102)90(14)59(70(100)85(8)9)41-64(95)89(61)13/h20-21,48-62,66H,17-19,22-47H2,1-16H3,(H,82,94)(H,83,97)(H,84,98)/b21-20-/t48?,49-,51?,52?,53+,54?,55+,56-,57+,58-,59+,60+,61-,62?,66-/m0/s1. The van der Waals surface area contributed by atoms with Gasteiger partial charge in [0.25, 0.3) is 0 Å². The molecule has 2 saturated heterocycles. The molecule has 6 fully saturated rings. The maximum Gasteiger partial charge on any atom is 0.394 e. The van der Waals surface area contributed by atoms with Gasteiger partial charge in [0.1, 0.15) is 53.9 Å². The van der Waals surface area contributed by atoms with Crippen molar-refractivity contribution in [2.75, 3.05) is 109 Å². The first-order valence-corrected chi connectivity index (χ1v) is 39.5. The number of methoxy groups -OCH3 is 1. The summed E-state index contributed by atoms with van der Waals surface area (Å²) in [5, 5.41) is 8.83. The van der Waals surface area contributed by atoms with Gasteiger partial charge in [-0.1, -0.05) is 105 Å². The van der Waals surface area contributed by atoms with Gasteiger partial charge in [0.15, 0.2) is 0 Å². The quantitative estimate of drug-likeness (QED) is 0.119. The second-order valence-corrected chi connectivity index (χ2v) is 33.4. The van der Waals surface area contributed by atoms with Crippen LogP contribution in [0.4, 0.5) is 13.2 Å². The summed E-state index contributed by atoms with van der Waals surface area (Å²) in [6.07, 6.45) is 3.98. The molecule has 30 heteroatoms. The molecule has 108 heavy (non-hydrogen) atoms. The van der Waals surface area contributed by atoms with E-state index in [4.69, 9.17) is 14.2 Å². The fourth-order valence-electron chi connectivity index (χ4n) is 17.4. The van der Waals surface area contributed by atoms with Crippen LogP contribution in [-0.4, -0.2) is 297 Å². The van der Waals surface area contributed by atoms with Crippen LogP contribution >= 0.6 is 0 Å². The highest BCUT2D eigenvalue weighted by Gasteiger charge is 2.59. The second-order valence-electron chi connectivity index (χ2n) is 33.4. The lowest BCUT2D eigenvalue weighted by atomic mass is 9.58. The predicted molar refractivity (Wildman–Crippen MR) is 397 cm³/mol. The Morgan fingerprint density at radius 1 is 0.676 bits per heavy atom. The van der Waals surface area contributed by atoms with Crippen molar-refractivity contribution in [3.63, 3.8) is 0 Å². The van der Waals surface area contributed by atoms with Gasteiger partial charge in [-0.25, -0.2) is 0 Å². The number of carbonyl (C=O) groups is 12. The topological polar surface area (TPSA) is 298 Å². The van der Waals surface area contributed by atoms with E-state index in [9.17, 15) is 41.9 Å². The zero-order chi connectivity index (χ0) is 80.0. The van der Waals surface area contributed by atoms with Gasteiger partial charge in [0.2, 0.25) is 70.9 Å². The van der Waals surface area contributed by atoms with E-state index in [-0.39, 0.29) is 115 Å². The summed E-state index contributed by atoms with van der Waals surface area (Å²) < 4.78 is 60.6. The van der Waals surface area contributed by atoms with E-state index >= 15 is 28.8 Å². The first-order chi connectivity index (χ1) is 50.8. The van der Waals surface area contributed by atoms with E-state index in [1.807, 2.05) is 33.8 Å². The number of rotatable bonds is 17. The largest absolute Gasteiger partial charge is 0.394 e. The monoisotopic (exact) mass is 1530 g/mol. The highest BCUT2D eigenvalue weighted by molar-refractivity contribution is 6.01. The molecule has 7 aliphatic rings. The van der Waals surface area contributed by atoms with Crippen molar-refractivity contribution in [3.8, 4) is 0 Å². The first kappa shape index (κ1) is 88.3. The van der Waals surface area contributed by atoms with Gasteiger partial charge in [-0.05, 0) is 119 Å². The van der Waals surface area contributed by atoms with Crippen molar-refractivity contribution >= 4 is 70.9 Å². The van der Waals surface area contributed by atoms with E-state index in [2.05, 4.69) is 22.9 Å². The van der Waals surface area contributed by atoms with E-state index in [1.165, 1.54) is 92.9 Å². The van der Waals surface area contributed by atoms with Gasteiger partial charge in [-0.2, -0.15) is 13.2 Å². The molecule has 3 aliphatic heterocycles. The fourth-order valence-corrected chi connectivity index (χ4v) is 17.4. The van der Waals surface area contributed by atoms with Gasteiger partial charge < -0.3 is 74.3 Å². The minimum atomic E-state index is -4.53. The van der Waals surface area contributed by atoms with Crippen LogP contribution in [0.15, 0.2) is 12.2 Å². The summed E-state index contributed by atoms with van der Waals surface area (Å²) in [7, 11) is 12.6. The number of hydrogen-bond donors (Lipinski definition) is 3. The molecule has 3 N–H and O–H groups in total. The smallest absolute Gasteiger partial charge is 0.381 e. The van der Waals surface area contributed by atoms with E-state index in [0.29, 0.717) is 25.2 Å². The molecule has 13 atom stereocenters. The third-order valence-corrected chi connectivity index (χ3v) is 24.4. The van der Waals surface area contributed by atoms with E-state index < -0.39 is 186 Å². The van der Waals surface area contributed by atoms with Crippen molar-refractivity contribution in [1.82, 2.24) is 60.0 Å². The molecule has 3 unspecified atom stereocenters. The average Bonchev–Trinajstić information content (AvgIpc) is 0.903. The third-order valence-electron chi connectivity index (χ3n) is 24.4. The number of fused-ring (bicyclic) bond motifs is 3. The number of alkyl halides is 3. The number of ether oxygens (including phenoxy) is 3. The minimum absolute atomic E-state index is 0.00759. The summed E-state index contributed by atoms with van der Waals surface area (Å²) >= 11 is 0. The molecule has 0 aromatic rings. The Hall–Kier alpha value is -6.95. The number of likely N-dealkylation sites (N-methyl/N-ethyl adjacent to an activating group) is 7. The highest BCUT2D eigenvalue weighted by Crippen LogP contribution is 2.50. The Labute approximate surface area is 637 Å². The van der Waals surface area contributed by atoms with E-state index in [0.717, 1.165) is 59.6 Å². The minimum Gasteiger partial charge on any atom is -0.381 e. The molecular formula is C78H127F3N12O15. The summed E-state index contributed by atoms with van der Waals surface area (Å²) in [6, 6.07) is -10.5. The van der Waals surface area contributed by atoms with Crippen LogP contribution in [0, 0.1) is 40.9 Å². The summed E-state index contributed by atoms with van der Waals surface area (Å²) in [5.74, 6) is -10.4. The maximum absolute atomic E-state index is 15.8. The molecule has 2 bridgehead atoms. The van der Waals surface area contributed by atoms with Gasteiger partial charge >= 0.3 is 6.18 Å². The number of carbonyl (C=O) groups excluding carboxylic acids is 12. The zero-order valence-corrected chi connectivity index (χ0v) is 67.2. The number of nitrogens with one attached hydrogen (secondary N) is 3. The SMILES string of the molecule is CCCOC[C@H]1C(=O)N[C@@H]([C@@H](C)CC)C(=O)N(C)CC(=O)N(C)[C@H]2C/C=C\CCN(C2=O)[C@H](CC2CCC(C)CC2)C(=O)N(C)CC(=O)N[C@H](CCC2CCC(C(F)(F)F)C(OC)C2)C(=O)N2C[C@H](OCC)C[C@@H]2C(=O)NC2(CC(C)(C)C2)C(=O)N(C)[C@@H](CC2CCC2)C(=O)N(C)[C@@H](C(=O)N(C)C)CC(=O)N1C. The number of amides is 12. The maximum atomic E-state index is 15.8. The third kappa shape index (κ3) is 22.0. The molecule has 0 radical (unpaired) electrons. The molecule has 27 nitrogen and oxygen atoms in total. The second kappa shape index (κ2) is 38.8. The summed E-state index contributed by atoms with van der Waals surface area (Å²) in [4.78, 5) is 194. The lowest BCUT2D eigenvalue weighted by Gasteiger charge is -2.54. The molecule has 12 amide bonds. The molecular weight excluding hydrogens is 1400 g/mol. The van der Waals surface area contributed by atoms with Crippen molar-refractivity contribution in [2.45, 2.75) is 262 Å². The average molecular weight is 1530 g/mol. The van der Waals surface area contributed by atoms with Crippen molar-refractivity contribution in [2.24, 2.45) is 40.9 Å². The Morgan fingerprint density at radius 3 is 1.91 bits per heavy atom. The van der Waals surface area contributed by atoms with Crippen LogP contribution < -0.4 is 16.0 Å². The first-order valence-electron chi connectivity index (χ1n) is 39.5. The van der Waals surface area contributed by atoms with Crippen molar-refractivity contribution in [1.29, 1.82) is 0 Å². The molecule has 610 valence electrons. The van der Waals surface area contributed by atoms with Gasteiger partial charge in [-0.15, -0.1) is 0 Å². The fraction of sp³-hybridized carbons (Fsp3) is 0.821. The molecule has 4 aliphatic carbocycles. The van der Waals surface area contributed by atoms with Gasteiger partial charge in [0, 0.05) is 96.2 Å². The molecule has 0 aromatic heterocycles. The summed E-state index contributed by atoms with van der Waals surface area (Å²) in [6.45, 7) is 12.0. The van der Waals surface area contributed by atoms with Crippen LogP contribution in [-0.2, 0) is 71.7 Å². The zero-order valence-electron chi connectivity index (χ0n) is 67.2. The van der Waals surface area contributed by atoms with Crippen LogP contribution in [0.3, 0.4) is 0 Å². The predicted octanol–water partition coefficient (Wildman–Crippen LogP) is 5.55. The Balaban J connectivity index is 1.33. The highest BCUT2D eigenvalue weighted by atomic mass is 19.4. The lowest BCUT2D eigenvalue weighted by molar-refractivity contribution is -0.215. The Kier molecular flexibility index (Phi) is 31.7. The van der Waals surface area contributed by atoms with Gasteiger partial charge in [-0.3, -0.25) is 57.5 Å². The molecule has 4 saturated carbocycles. The summed E-state index contributed by atoms with van der Waals surface area (Å²) in [5.41, 5.74) is -2.19. The number of hydrogen-bond acceptors (Lipinski definition) is 15.